The quantitative estimate of drug-likeness (QED) is 0.192. The zero-order valence-electron chi connectivity index (χ0n) is 27.1. The van der Waals surface area contributed by atoms with E-state index in [4.69, 9.17) is 18.9 Å². The molecule has 0 spiro atoms. The van der Waals surface area contributed by atoms with Crippen molar-refractivity contribution in [1.82, 2.24) is 0 Å². The molecule has 8 N–H and O–H groups in total. The fourth-order valence-electron chi connectivity index (χ4n) is 10.3. The third-order valence-electron chi connectivity index (χ3n) is 13.3. The summed E-state index contributed by atoms with van der Waals surface area (Å²) in [5.74, 6) is -0.467. The minimum absolute atomic E-state index is 0.0681. The summed E-state index contributed by atoms with van der Waals surface area (Å²) in [6, 6.07) is 0. The van der Waals surface area contributed by atoms with Crippen molar-refractivity contribution in [2.24, 2.45) is 16.7 Å². The van der Waals surface area contributed by atoms with Crippen LogP contribution < -0.4 is 0 Å². The molecule has 2 heterocycles. The van der Waals surface area contributed by atoms with Gasteiger partial charge in [0.1, 0.15) is 29.0 Å². The van der Waals surface area contributed by atoms with Crippen LogP contribution in [0.4, 0.5) is 0 Å². The number of hydrogen-bond donors (Lipinski definition) is 8. The van der Waals surface area contributed by atoms with Crippen molar-refractivity contribution in [3.05, 3.63) is 11.6 Å². The molecule has 258 valence electrons. The van der Waals surface area contributed by atoms with E-state index in [0.29, 0.717) is 19.3 Å². The van der Waals surface area contributed by atoms with Crippen molar-refractivity contribution in [1.29, 1.82) is 0 Å². The van der Waals surface area contributed by atoms with Gasteiger partial charge in [-0.05, 0) is 71.1 Å². The Morgan fingerprint density at radius 1 is 0.867 bits per heavy atom. The molecule has 0 aromatic carbocycles. The lowest BCUT2D eigenvalue weighted by molar-refractivity contribution is -0.327. The molecule has 5 fully saturated rings. The first-order valence-electron chi connectivity index (χ1n) is 16.8. The summed E-state index contributed by atoms with van der Waals surface area (Å²) in [4.78, 5) is 0. The van der Waals surface area contributed by atoms with Crippen LogP contribution in [0.2, 0.25) is 0 Å². The molecule has 12 nitrogen and oxygen atoms in total. The van der Waals surface area contributed by atoms with Crippen molar-refractivity contribution in [3.8, 4) is 0 Å². The van der Waals surface area contributed by atoms with Gasteiger partial charge in [0.05, 0.1) is 48.1 Å². The molecule has 17 atom stereocenters. The van der Waals surface area contributed by atoms with Gasteiger partial charge in [0, 0.05) is 18.8 Å². The molecule has 0 aromatic rings. The van der Waals surface area contributed by atoms with E-state index in [-0.39, 0.29) is 44.6 Å². The normalized spacial score (nSPS) is 57.4. The van der Waals surface area contributed by atoms with E-state index in [9.17, 15) is 40.9 Å². The molecule has 6 aliphatic rings. The van der Waals surface area contributed by atoms with E-state index in [1.165, 1.54) is 6.92 Å². The van der Waals surface area contributed by atoms with Gasteiger partial charge in [0.25, 0.3) is 0 Å². The lowest BCUT2D eigenvalue weighted by atomic mass is 9.42. The zero-order chi connectivity index (χ0) is 32.9. The van der Waals surface area contributed by atoms with Crippen LogP contribution in [0.1, 0.15) is 92.4 Å². The molecule has 2 aliphatic heterocycles. The molecule has 0 bridgehead atoms. The molecular formula is C33H54O12. The number of ether oxygens (including phenoxy) is 4. The maximum atomic E-state index is 12.4. The summed E-state index contributed by atoms with van der Waals surface area (Å²) >= 11 is 0. The van der Waals surface area contributed by atoms with Crippen molar-refractivity contribution >= 4 is 0 Å². The second-order valence-corrected chi connectivity index (χ2v) is 15.5. The highest BCUT2D eigenvalue weighted by molar-refractivity contribution is 5.36. The van der Waals surface area contributed by atoms with Crippen molar-refractivity contribution in [2.75, 3.05) is 0 Å². The Labute approximate surface area is 265 Å². The molecule has 6 rings (SSSR count). The number of aliphatic hydroxyl groups excluding tert-OH is 5. The first-order valence-corrected chi connectivity index (χ1v) is 16.8. The second-order valence-electron chi connectivity index (χ2n) is 15.5. The first-order chi connectivity index (χ1) is 20.9. The van der Waals surface area contributed by atoms with E-state index < -0.39 is 95.0 Å². The van der Waals surface area contributed by atoms with E-state index in [2.05, 4.69) is 6.92 Å². The van der Waals surface area contributed by atoms with Crippen LogP contribution in [0.3, 0.4) is 0 Å². The second kappa shape index (κ2) is 11.4. The highest BCUT2D eigenvalue weighted by Crippen LogP contribution is 2.70. The highest BCUT2D eigenvalue weighted by Gasteiger charge is 2.80. The van der Waals surface area contributed by atoms with Gasteiger partial charge >= 0.3 is 0 Å². The summed E-state index contributed by atoms with van der Waals surface area (Å²) in [5.41, 5.74) is -6.08. The smallest absolute Gasteiger partial charge is 0.161 e. The fraction of sp³-hybridized carbons (Fsp3) is 0.939. The average Bonchev–Trinajstić information content (AvgIpc) is 3.20. The molecular weight excluding hydrogens is 588 g/mol. The van der Waals surface area contributed by atoms with Gasteiger partial charge in [-0.1, -0.05) is 25.5 Å². The zero-order valence-corrected chi connectivity index (χ0v) is 27.1. The lowest BCUT2D eigenvalue weighted by Gasteiger charge is -2.67. The Bertz CT molecular complexity index is 1130. The van der Waals surface area contributed by atoms with Crippen LogP contribution in [0.25, 0.3) is 0 Å². The minimum Gasteiger partial charge on any atom is -0.392 e. The van der Waals surface area contributed by atoms with Crippen molar-refractivity contribution < 1.29 is 59.8 Å². The largest absolute Gasteiger partial charge is 0.392 e. The summed E-state index contributed by atoms with van der Waals surface area (Å²) in [6.07, 6.45) is -4.10. The summed E-state index contributed by atoms with van der Waals surface area (Å²) in [6.45, 7) is 8.59. The van der Waals surface area contributed by atoms with E-state index in [1.807, 2.05) is 6.08 Å². The van der Waals surface area contributed by atoms with Gasteiger partial charge in [-0.3, -0.25) is 0 Å². The van der Waals surface area contributed by atoms with E-state index in [0.717, 1.165) is 5.57 Å². The Kier molecular flexibility index (Phi) is 8.66. The van der Waals surface area contributed by atoms with Gasteiger partial charge in [0.2, 0.25) is 0 Å². The Morgan fingerprint density at radius 2 is 1.51 bits per heavy atom. The maximum absolute atomic E-state index is 12.4. The van der Waals surface area contributed by atoms with Crippen LogP contribution in [0, 0.1) is 16.7 Å². The molecule has 45 heavy (non-hydrogen) atoms. The standard InChI is InChI=1S/C33H54O12/c1-16-27(38)21(35)13-26(42-16)45-28-17(2)43-25(14-22(28)36)44-20-7-8-29(4)19(12-20)6-9-32(40)23(29)15-24(37)30(5)31(39,18(3)34)10-11-33(30,32)41/h6,16-18,20-28,34-41H,7-15H2,1-5H3/t16-,17-,18+,20+,21+,22+,23-,24-,25+,26+,27-,28-,29+,30-,31-,32+,33-/m1/s1. The SMILES string of the molecule is C[C@H](O)[C@]1(O)CC[C@@]2(O)[C@]1(C)[C@H](O)C[C@@H]1[C@@]3(C)CC[C@H](O[C@H]4C[C@H](O)[C@H](O[C@H]5C[C@H](O)[C@H](O)[C@@H](C)O5)[C@@H](C)O4)CC3=CC[C@]12O. The van der Waals surface area contributed by atoms with Gasteiger partial charge in [-0.15, -0.1) is 0 Å². The Balaban J connectivity index is 1.13. The van der Waals surface area contributed by atoms with Crippen LogP contribution in [0.5, 0.6) is 0 Å². The summed E-state index contributed by atoms with van der Waals surface area (Å²) in [7, 11) is 0. The average molecular weight is 643 g/mol. The molecule has 0 radical (unpaired) electrons. The minimum atomic E-state index is -1.80. The molecule has 12 heteroatoms. The van der Waals surface area contributed by atoms with Crippen LogP contribution in [0.15, 0.2) is 11.6 Å². The van der Waals surface area contributed by atoms with Gasteiger partial charge < -0.3 is 59.8 Å². The van der Waals surface area contributed by atoms with Crippen molar-refractivity contribution in [3.63, 3.8) is 0 Å². The van der Waals surface area contributed by atoms with Crippen LogP contribution in [-0.4, -0.2) is 125 Å². The summed E-state index contributed by atoms with van der Waals surface area (Å²) in [5, 5.41) is 89.3. The van der Waals surface area contributed by atoms with Crippen LogP contribution >= 0.6 is 0 Å². The molecule has 0 amide bonds. The fourth-order valence-corrected chi connectivity index (χ4v) is 10.3. The third-order valence-corrected chi connectivity index (χ3v) is 13.3. The van der Waals surface area contributed by atoms with Crippen LogP contribution in [-0.2, 0) is 18.9 Å². The Hall–Kier alpha value is -0.740. The van der Waals surface area contributed by atoms with E-state index in [1.54, 1.807) is 20.8 Å². The predicted molar refractivity (Wildman–Crippen MR) is 158 cm³/mol. The highest BCUT2D eigenvalue weighted by atomic mass is 16.7. The molecule has 2 saturated heterocycles. The molecule has 0 aromatic heterocycles. The van der Waals surface area contributed by atoms with E-state index >= 15 is 0 Å². The topological polar surface area (TPSA) is 199 Å². The van der Waals surface area contributed by atoms with Crippen molar-refractivity contribution in [2.45, 2.75) is 177 Å². The molecule has 0 unspecified atom stereocenters. The first kappa shape index (κ1) is 34.1. The number of rotatable bonds is 5. The maximum Gasteiger partial charge on any atom is 0.161 e. The third kappa shape index (κ3) is 4.85. The molecule has 3 saturated carbocycles. The lowest BCUT2D eigenvalue weighted by Crippen LogP contribution is -2.78. The predicted octanol–water partition coefficient (Wildman–Crippen LogP) is 0.385. The van der Waals surface area contributed by atoms with Gasteiger partial charge in [-0.2, -0.15) is 0 Å². The number of hydrogen-bond acceptors (Lipinski definition) is 12. The van der Waals surface area contributed by atoms with Gasteiger partial charge in [-0.25, -0.2) is 0 Å². The molecule has 4 aliphatic carbocycles. The Morgan fingerprint density at radius 3 is 2.16 bits per heavy atom. The number of fused-ring (bicyclic) bond motifs is 5. The summed E-state index contributed by atoms with van der Waals surface area (Å²) < 4.78 is 24.2. The monoisotopic (exact) mass is 642 g/mol. The number of aliphatic hydroxyl groups is 8. The van der Waals surface area contributed by atoms with Gasteiger partial charge in [0.15, 0.2) is 12.6 Å².